The summed E-state index contributed by atoms with van der Waals surface area (Å²) < 4.78 is 10.9. The predicted molar refractivity (Wildman–Crippen MR) is 110 cm³/mol. The normalized spacial score (nSPS) is 19.1. The predicted octanol–water partition coefficient (Wildman–Crippen LogP) is 3.12. The zero-order chi connectivity index (χ0) is 16.8. The van der Waals surface area contributed by atoms with Gasteiger partial charge in [-0.3, -0.25) is 4.99 Å². The summed E-state index contributed by atoms with van der Waals surface area (Å²) in [5, 5.41) is 6.77. The highest BCUT2D eigenvalue weighted by Gasteiger charge is 2.33. The van der Waals surface area contributed by atoms with Crippen molar-refractivity contribution >= 4 is 29.9 Å². The number of hydrogen-bond donors (Lipinski definition) is 2. The number of ether oxygens (including phenoxy) is 2. The van der Waals surface area contributed by atoms with Gasteiger partial charge in [-0.05, 0) is 36.5 Å². The van der Waals surface area contributed by atoms with Crippen LogP contribution in [-0.4, -0.2) is 33.3 Å². The molecule has 1 fully saturated rings. The molecule has 0 bridgehead atoms. The van der Waals surface area contributed by atoms with E-state index in [4.69, 9.17) is 9.47 Å². The van der Waals surface area contributed by atoms with Gasteiger partial charge in [0, 0.05) is 25.2 Å². The van der Waals surface area contributed by atoms with Crippen molar-refractivity contribution in [3.05, 3.63) is 35.9 Å². The van der Waals surface area contributed by atoms with Crippen LogP contribution in [-0.2, 0) is 13.0 Å². The number of guanidine groups is 1. The van der Waals surface area contributed by atoms with Crippen molar-refractivity contribution < 1.29 is 9.47 Å². The van der Waals surface area contributed by atoms with Gasteiger partial charge in [-0.25, -0.2) is 0 Å². The van der Waals surface area contributed by atoms with Gasteiger partial charge in [-0.1, -0.05) is 13.0 Å². The molecule has 0 amide bonds. The van der Waals surface area contributed by atoms with Crippen LogP contribution in [0, 0.1) is 5.92 Å². The number of allylic oxidation sites excluding steroid dienone is 1. The molecule has 1 saturated carbocycles. The van der Waals surface area contributed by atoms with Gasteiger partial charge in [0.05, 0.1) is 14.2 Å². The van der Waals surface area contributed by atoms with E-state index in [-0.39, 0.29) is 24.0 Å². The van der Waals surface area contributed by atoms with Crippen molar-refractivity contribution in [1.82, 2.24) is 10.6 Å². The largest absolute Gasteiger partial charge is 0.493 e. The first-order chi connectivity index (χ1) is 11.1. The van der Waals surface area contributed by atoms with Crippen LogP contribution < -0.4 is 20.1 Å². The van der Waals surface area contributed by atoms with E-state index >= 15 is 0 Å². The highest BCUT2D eigenvalue weighted by molar-refractivity contribution is 14.0. The van der Waals surface area contributed by atoms with Crippen molar-refractivity contribution in [1.29, 1.82) is 0 Å². The summed E-state index contributed by atoms with van der Waals surface area (Å²) >= 11 is 0. The summed E-state index contributed by atoms with van der Waals surface area (Å²) in [6.45, 7) is 6.72. The summed E-state index contributed by atoms with van der Waals surface area (Å²) in [5.74, 6) is 3.07. The van der Waals surface area contributed by atoms with E-state index in [1.807, 2.05) is 12.1 Å². The zero-order valence-corrected chi connectivity index (χ0v) is 17.2. The molecule has 1 aliphatic rings. The standard InChI is InChI=1S/C18H27N3O2.HI/c1-6-7-14-9-13(10-16(22-4)17(14)23-5)11-20-18(19-3)21-15-8-12(15)2;/h6,9-10,12,15H,1,7-8,11H2,2-5H3,(H2,19,20,21);1H. The molecule has 0 aliphatic heterocycles. The molecule has 24 heavy (non-hydrogen) atoms. The lowest BCUT2D eigenvalue weighted by atomic mass is 10.1. The summed E-state index contributed by atoms with van der Waals surface area (Å²) in [4.78, 5) is 4.28. The Hall–Kier alpha value is -1.44. The number of nitrogens with zero attached hydrogens (tertiary/aromatic N) is 1. The molecule has 2 atom stereocenters. The van der Waals surface area contributed by atoms with Crippen LogP contribution in [0.1, 0.15) is 24.5 Å². The number of rotatable bonds is 7. The number of halogens is 1. The molecule has 2 N–H and O–H groups in total. The summed E-state index contributed by atoms with van der Waals surface area (Å²) in [5.41, 5.74) is 2.18. The Bertz CT molecular complexity index is 590. The van der Waals surface area contributed by atoms with E-state index in [1.54, 1.807) is 21.3 Å². The smallest absolute Gasteiger partial charge is 0.191 e. The minimum Gasteiger partial charge on any atom is -0.493 e. The van der Waals surface area contributed by atoms with Crippen LogP contribution in [0.5, 0.6) is 11.5 Å². The van der Waals surface area contributed by atoms with Crippen LogP contribution in [0.2, 0.25) is 0 Å². The van der Waals surface area contributed by atoms with Gasteiger partial charge in [-0.15, -0.1) is 30.6 Å². The average Bonchev–Trinajstić information content (AvgIpc) is 3.26. The third kappa shape index (κ3) is 5.29. The quantitative estimate of drug-likeness (QED) is 0.293. The maximum atomic E-state index is 5.47. The van der Waals surface area contributed by atoms with Crippen molar-refractivity contribution in [3.63, 3.8) is 0 Å². The SMILES string of the molecule is C=CCc1cc(CNC(=NC)NC2CC2C)cc(OC)c1OC.I. The first-order valence-corrected chi connectivity index (χ1v) is 7.94. The minimum atomic E-state index is 0. The second-order valence-electron chi connectivity index (χ2n) is 5.87. The summed E-state index contributed by atoms with van der Waals surface area (Å²) in [6.07, 6.45) is 3.81. The molecule has 0 spiro atoms. The minimum absolute atomic E-state index is 0. The molecule has 0 saturated heterocycles. The van der Waals surface area contributed by atoms with Crippen molar-refractivity contribution in [2.75, 3.05) is 21.3 Å². The topological polar surface area (TPSA) is 54.9 Å². The van der Waals surface area contributed by atoms with E-state index in [2.05, 4.69) is 35.2 Å². The highest BCUT2D eigenvalue weighted by Crippen LogP contribution is 2.33. The first kappa shape index (κ1) is 20.6. The van der Waals surface area contributed by atoms with Crippen molar-refractivity contribution in [2.45, 2.75) is 32.4 Å². The molecule has 1 aromatic carbocycles. The molecule has 0 heterocycles. The molecule has 0 radical (unpaired) electrons. The van der Waals surface area contributed by atoms with Gasteiger partial charge in [0.15, 0.2) is 17.5 Å². The van der Waals surface area contributed by atoms with Crippen molar-refractivity contribution in [3.8, 4) is 11.5 Å². The Labute approximate surface area is 161 Å². The number of methoxy groups -OCH3 is 2. The molecular weight excluding hydrogens is 417 g/mol. The van der Waals surface area contributed by atoms with Gasteiger partial charge >= 0.3 is 0 Å². The van der Waals surface area contributed by atoms with Gasteiger partial charge < -0.3 is 20.1 Å². The Morgan fingerprint density at radius 3 is 2.58 bits per heavy atom. The summed E-state index contributed by atoms with van der Waals surface area (Å²) in [6, 6.07) is 4.65. The molecule has 5 nitrogen and oxygen atoms in total. The van der Waals surface area contributed by atoms with Crippen molar-refractivity contribution in [2.24, 2.45) is 10.9 Å². The fourth-order valence-corrected chi connectivity index (χ4v) is 2.59. The molecule has 1 aromatic rings. The lowest BCUT2D eigenvalue weighted by Gasteiger charge is -2.16. The summed E-state index contributed by atoms with van der Waals surface area (Å²) in [7, 11) is 5.10. The highest BCUT2D eigenvalue weighted by atomic mass is 127. The van der Waals surface area contributed by atoms with Gasteiger partial charge in [0.1, 0.15) is 0 Å². The fraction of sp³-hybridized carbons (Fsp3) is 0.500. The second kappa shape index (κ2) is 9.76. The Morgan fingerprint density at radius 1 is 1.38 bits per heavy atom. The molecule has 1 aliphatic carbocycles. The maximum Gasteiger partial charge on any atom is 0.191 e. The number of benzene rings is 1. The lowest BCUT2D eigenvalue weighted by molar-refractivity contribution is 0.352. The Kier molecular flexibility index (Phi) is 8.38. The number of hydrogen-bond acceptors (Lipinski definition) is 3. The molecular formula is C18H28IN3O2. The average molecular weight is 445 g/mol. The maximum absolute atomic E-state index is 5.47. The van der Waals surface area contributed by atoms with Crippen LogP contribution in [0.25, 0.3) is 0 Å². The van der Waals surface area contributed by atoms with Crippen LogP contribution in [0.3, 0.4) is 0 Å². The molecule has 6 heteroatoms. The monoisotopic (exact) mass is 445 g/mol. The lowest BCUT2D eigenvalue weighted by Crippen LogP contribution is -2.38. The second-order valence-corrected chi connectivity index (χ2v) is 5.87. The van der Waals surface area contributed by atoms with E-state index in [0.717, 1.165) is 40.9 Å². The Balaban J connectivity index is 0.00000288. The van der Waals surface area contributed by atoms with Crippen LogP contribution in [0.15, 0.2) is 29.8 Å². The van der Waals surface area contributed by atoms with E-state index < -0.39 is 0 Å². The zero-order valence-electron chi connectivity index (χ0n) is 14.9. The molecule has 2 unspecified atom stereocenters. The van der Waals surface area contributed by atoms with Crippen LogP contribution in [0.4, 0.5) is 0 Å². The van der Waals surface area contributed by atoms with E-state index in [9.17, 15) is 0 Å². The van der Waals surface area contributed by atoms with Crippen LogP contribution >= 0.6 is 24.0 Å². The third-order valence-corrected chi connectivity index (χ3v) is 4.10. The van der Waals surface area contributed by atoms with Gasteiger partial charge in [-0.2, -0.15) is 0 Å². The van der Waals surface area contributed by atoms with E-state index in [0.29, 0.717) is 12.6 Å². The van der Waals surface area contributed by atoms with E-state index in [1.165, 1.54) is 6.42 Å². The molecule has 2 rings (SSSR count). The molecule has 134 valence electrons. The molecule has 0 aromatic heterocycles. The fourth-order valence-electron chi connectivity index (χ4n) is 2.59. The van der Waals surface area contributed by atoms with Gasteiger partial charge in [0.2, 0.25) is 0 Å². The Morgan fingerprint density at radius 2 is 2.08 bits per heavy atom. The number of aliphatic imine (C=N–C) groups is 1. The first-order valence-electron chi connectivity index (χ1n) is 7.94. The van der Waals surface area contributed by atoms with Gasteiger partial charge in [0.25, 0.3) is 0 Å². The third-order valence-electron chi connectivity index (χ3n) is 4.10. The number of nitrogens with one attached hydrogen (secondary N) is 2.